The van der Waals surface area contributed by atoms with Gasteiger partial charge in [0.1, 0.15) is 0 Å². The van der Waals surface area contributed by atoms with E-state index in [-0.39, 0.29) is 11.8 Å². The van der Waals surface area contributed by atoms with Crippen molar-refractivity contribution in [2.24, 2.45) is 11.8 Å². The molecule has 0 aromatic rings. The first kappa shape index (κ1) is 9.05. The fourth-order valence-corrected chi connectivity index (χ4v) is 1.21. The molecule has 1 aliphatic carbocycles. The maximum atomic E-state index is 11.3. The van der Waals surface area contributed by atoms with Gasteiger partial charge in [0, 0.05) is 12.5 Å². The highest BCUT2D eigenvalue weighted by molar-refractivity contribution is 5.78. The quantitative estimate of drug-likeness (QED) is 0.635. The van der Waals surface area contributed by atoms with Crippen molar-refractivity contribution in [3.05, 3.63) is 0 Å². The first-order chi connectivity index (χ1) is 5.75. The van der Waals surface area contributed by atoms with Crippen LogP contribution in [0, 0.1) is 23.2 Å². The van der Waals surface area contributed by atoms with Gasteiger partial charge in [-0.25, -0.2) is 0 Å². The highest BCUT2D eigenvalue weighted by Crippen LogP contribution is 2.36. The smallest absolute Gasteiger partial charge is 0.223 e. The zero-order chi connectivity index (χ0) is 8.97. The Balaban J connectivity index is 2.14. The number of hydrogen-bond donors (Lipinski definition) is 1. The van der Waals surface area contributed by atoms with E-state index < -0.39 is 0 Å². The molecule has 66 valence electrons. The predicted octanol–water partition coefficient (Wildman–Crippen LogP) is 1.06. The number of carbonyl (C=O) groups is 1. The van der Waals surface area contributed by atoms with Crippen LogP contribution in [0.15, 0.2) is 0 Å². The molecule has 1 unspecified atom stereocenters. The lowest BCUT2D eigenvalue weighted by molar-refractivity contribution is -0.125. The minimum Gasteiger partial charge on any atom is -0.355 e. The Morgan fingerprint density at radius 3 is 2.92 bits per heavy atom. The molecule has 0 bridgehead atoms. The van der Waals surface area contributed by atoms with Gasteiger partial charge in [-0.1, -0.05) is 6.92 Å². The largest absolute Gasteiger partial charge is 0.355 e. The van der Waals surface area contributed by atoms with E-state index in [1.165, 1.54) is 12.8 Å². The molecule has 1 N–H and O–H groups in total. The van der Waals surface area contributed by atoms with Gasteiger partial charge in [0.25, 0.3) is 0 Å². The molecule has 3 heteroatoms. The third-order valence-corrected chi connectivity index (χ3v) is 2.28. The molecule has 0 saturated heterocycles. The van der Waals surface area contributed by atoms with E-state index in [0.717, 1.165) is 0 Å². The minimum absolute atomic E-state index is 0.104. The third kappa shape index (κ3) is 2.54. The van der Waals surface area contributed by atoms with E-state index in [2.05, 4.69) is 5.32 Å². The number of hydrogen-bond acceptors (Lipinski definition) is 2. The maximum Gasteiger partial charge on any atom is 0.223 e. The van der Waals surface area contributed by atoms with Crippen molar-refractivity contribution in [1.82, 2.24) is 5.32 Å². The number of rotatable bonds is 4. The van der Waals surface area contributed by atoms with Crippen molar-refractivity contribution in [2.75, 3.05) is 6.54 Å². The number of carbonyl (C=O) groups excluding carboxylic acids is 1. The number of amides is 1. The van der Waals surface area contributed by atoms with E-state index in [9.17, 15) is 4.79 Å². The summed E-state index contributed by atoms with van der Waals surface area (Å²) in [6.07, 6.45) is 2.78. The molecule has 1 atom stereocenters. The Labute approximate surface area is 72.8 Å². The van der Waals surface area contributed by atoms with E-state index in [1.807, 2.05) is 13.0 Å². The summed E-state index contributed by atoms with van der Waals surface area (Å²) >= 11 is 0. The van der Waals surface area contributed by atoms with Crippen molar-refractivity contribution < 1.29 is 4.79 Å². The summed E-state index contributed by atoms with van der Waals surface area (Å²) in [5, 5.41) is 11.0. The summed E-state index contributed by atoms with van der Waals surface area (Å²) in [6, 6.07) is 1.99. The van der Waals surface area contributed by atoms with Gasteiger partial charge in [0.15, 0.2) is 0 Å². The second-order valence-electron chi connectivity index (χ2n) is 3.33. The molecular formula is C9H14N2O. The van der Waals surface area contributed by atoms with Crippen LogP contribution in [0.25, 0.3) is 0 Å². The van der Waals surface area contributed by atoms with Crippen molar-refractivity contribution in [1.29, 1.82) is 5.26 Å². The highest BCUT2D eigenvalue weighted by Gasteiger charge is 2.32. The molecule has 1 saturated carbocycles. The van der Waals surface area contributed by atoms with Gasteiger partial charge >= 0.3 is 0 Å². The molecule has 0 aromatic carbocycles. The molecule has 0 heterocycles. The molecule has 0 spiro atoms. The van der Waals surface area contributed by atoms with E-state index in [0.29, 0.717) is 18.9 Å². The Bertz CT molecular complexity index is 203. The van der Waals surface area contributed by atoms with Crippen LogP contribution in [0.2, 0.25) is 0 Å². The second kappa shape index (κ2) is 4.10. The molecule has 1 fully saturated rings. The lowest BCUT2D eigenvalue weighted by Gasteiger charge is -2.08. The fourth-order valence-electron chi connectivity index (χ4n) is 1.21. The average molecular weight is 166 g/mol. The second-order valence-corrected chi connectivity index (χ2v) is 3.33. The molecule has 12 heavy (non-hydrogen) atoms. The number of nitrogens with one attached hydrogen (secondary N) is 1. The van der Waals surface area contributed by atoms with Crippen LogP contribution in [-0.2, 0) is 4.79 Å². The molecule has 3 nitrogen and oxygen atoms in total. The van der Waals surface area contributed by atoms with Gasteiger partial charge in [-0.2, -0.15) is 5.26 Å². The third-order valence-electron chi connectivity index (χ3n) is 2.28. The molecular weight excluding hydrogens is 152 g/mol. The standard InChI is InChI=1S/C9H14N2O/c1-7(8-3-4-8)9(12)11-6-2-5-10/h7-8H,2-4,6H2,1H3,(H,11,12). The zero-order valence-corrected chi connectivity index (χ0v) is 7.34. The van der Waals surface area contributed by atoms with Crippen molar-refractivity contribution >= 4 is 5.91 Å². The van der Waals surface area contributed by atoms with Crippen molar-refractivity contribution in [2.45, 2.75) is 26.2 Å². The molecule has 0 radical (unpaired) electrons. The Hall–Kier alpha value is -1.04. The molecule has 1 aliphatic rings. The Morgan fingerprint density at radius 1 is 1.75 bits per heavy atom. The highest BCUT2D eigenvalue weighted by atomic mass is 16.1. The summed E-state index contributed by atoms with van der Waals surface area (Å²) < 4.78 is 0. The first-order valence-corrected chi connectivity index (χ1v) is 4.40. The molecule has 0 aromatic heterocycles. The first-order valence-electron chi connectivity index (χ1n) is 4.40. The monoisotopic (exact) mass is 166 g/mol. The van der Waals surface area contributed by atoms with E-state index >= 15 is 0 Å². The molecule has 0 aliphatic heterocycles. The van der Waals surface area contributed by atoms with Crippen LogP contribution in [-0.4, -0.2) is 12.5 Å². The van der Waals surface area contributed by atoms with Crippen LogP contribution in [0.3, 0.4) is 0 Å². The van der Waals surface area contributed by atoms with Gasteiger partial charge in [-0.3, -0.25) is 4.79 Å². The van der Waals surface area contributed by atoms with Crippen LogP contribution >= 0.6 is 0 Å². The summed E-state index contributed by atoms with van der Waals surface area (Å²) in [7, 11) is 0. The fraction of sp³-hybridized carbons (Fsp3) is 0.778. The zero-order valence-electron chi connectivity index (χ0n) is 7.34. The van der Waals surface area contributed by atoms with Gasteiger partial charge in [0.2, 0.25) is 5.91 Å². The Kier molecular flexibility index (Phi) is 3.09. The summed E-state index contributed by atoms with van der Waals surface area (Å²) in [6.45, 7) is 2.45. The predicted molar refractivity (Wildman–Crippen MR) is 45.1 cm³/mol. The molecule has 1 rings (SSSR count). The van der Waals surface area contributed by atoms with Crippen LogP contribution in [0.4, 0.5) is 0 Å². The number of nitriles is 1. The summed E-state index contributed by atoms with van der Waals surface area (Å²) in [4.78, 5) is 11.3. The lowest BCUT2D eigenvalue weighted by atomic mass is 10.1. The van der Waals surface area contributed by atoms with Gasteiger partial charge in [-0.15, -0.1) is 0 Å². The van der Waals surface area contributed by atoms with Crippen molar-refractivity contribution in [3.8, 4) is 6.07 Å². The van der Waals surface area contributed by atoms with Crippen LogP contribution in [0.5, 0.6) is 0 Å². The van der Waals surface area contributed by atoms with Crippen molar-refractivity contribution in [3.63, 3.8) is 0 Å². The van der Waals surface area contributed by atoms with Crippen LogP contribution in [0.1, 0.15) is 26.2 Å². The van der Waals surface area contributed by atoms with Gasteiger partial charge in [0.05, 0.1) is 12.5 Å². The number of nitrogens with zero attached hydrogens (tertiary/aromatic N) is 1. The van der Waals surface area contributed by atoms with E-state index in [1.54, 1.807) is 0 Å². The summed E-state index contributed by atoms with van der Waals surface area (Å²) in [5.74, 6) is 0.850. The van der Waals surface area contributed by atoms with Gasteiger partial charge in [-0.05, 0) is 18.8 Å². The maximum absolute atomic E-state index is 11.3. The van der Waals surface area contributed by atoms with E-state index in [4.69, 9.17) is 5.26 Å². The minimum atomic E-state index is 0.104. The summed E-state index contributed by atoms with van der Waals surface area (Å²) in [5.41, 5.74) is 0. The van der Waals surface area contributed by atoms with Gasteiger partial charge < -0.3 is 5.32 Å². The normalized spacial score (nSPS) is 18.0. The van der Waals surface area contributed by atoms with Crippen LogP contribution < -0.4 is 5.32 Å². The lowest BCUT2D eigenvalue weighted by Crippen LogP contribution is -2.30. The SMILES string of the molecule is CC(C(=O)NCCC#N)C1CC1. The topological polar surface area (TPSA) is 52.9 Å². The Morgan fingerprint density at radius 2 is 2.42 bits per heavy atom. The molecule has 1 amide bonds. The average Bonchev–Trinajstić information content (AvgIpc) is 2.86.